The molecule has 0 aromatic carbocycles. The quantitative estimate of drug-likeness (QED) is 0.600. The van der Waals surface area contributed by atoms with Crippen LogP contribution in [0.15, 0.2) is 18.2 Å². The maximum Gasteiger partial charge on any atom is 0.299 e. The summed E-state index contributed by atoms with van der Waals surface area (Å²) in [4.78, 5) is 26.4. The largest absolute Gasteiger partial charge is 0.337 e. The zero-order valence-electron chi connectivity index (χ0n) is 13.6. The molecule has 0 saturated carbocycles. The number of alkyl halides is 2. The Morgan fingerprint density at radius 2 is 2.24 bits per heavy atom. The summed E-state index contributed by atoms with van der Waals surface area (Å²) in [6.07, 6.45) is 2.51. The summed E-state index contributed by atoms with van der Waals surface area (Å²) in [5.74, 6) is -0.241. The van der Waals surface area contributed by atoms with Gasteiger partial charge in [-0.25, -0.2) is 0 Å². The number of thiophene rings is 1. The minimum absolute atomic E-state index is 0.111. The van der Waals surface area contributed by atoms with Gasteiger partial charge in [-0.05, 0) is 31.0 Å². The monoisotopic (exact) mass is 385 g/mol. The molecular formula is C16H18F2N3O2PS. The number of aldehydes is 1. The normalized spacial score (nSPS) is 18.4. The van der Waals surface area contributed by atoms with Crippen molar-refractivity contribution in [2.45, 2.75) is 18.5 Å². The summed E-state index contributed by atoms with van der Waals surface area (Å²) in [6.45, 7) is 1.06. The maximum absolute atomic E-state index is 13.5. The molecular weight excluding hydrogens is 367 g/mol. The first kappa shape index (κ1) is 18.1. The lowest BCUT2D eigenvalue weighted by Gasteiger charge is -2.29. The third kappa shape index (κ3) is 3.80. The SMILES string of the molecule is Cn1nc(-c2ccc(C(=O)N3CCCC(C=O)C3)s2)cc1C(F)(F)P. The van der Waals surface area contributed by atoms with Gasteiger partial charge in [0.15, 0.2) is 0 Å². The van der Waals surface area contributed by atoms with Crippen molar-refractivity contribution in [1.82, 2.24) is 14.7 Å². The molecule has 3 heterocycles. The van der Waals surface area contributed by atoms with Crippen molar-refractivity contribution < 1.29 is 18.4 Å². The van der Waals surface area contributed by atoms with Crippen molar-refractivity contribution in [2.24, 2.45) is 13.0 Å². The van der Waals surface area contributed by atoms with Gasteiger partial charge in [-0.3, -0.25) is 9.48 Å². The number of likely N-dealkylation sites (tertiary alicyclic amines) is 1. The number of aryl methyl sites for hydroxylation is 1. The lowest BCUT2D eigenvalue weighted by atomic mass is 10.00. The molecule has 25 heavy (non-hydrogen) atoms. The molecule has 1 saturated heterocycles. The Hall–Kier alpha value is -1.66. The Balaban J connectivity index is 1.81. The number of hydrogen-bond donors (Lipinski definition) is 0. The summed E-state index contributed by atoms with van der Waals surface area (Å²) in [6, 6.07) is 4.72. The van der Waals surface area contributed by atoms with Crippen LogP contribution in [0.1, 0.15) is 28.2 Å². The topological polar surface area (TPSA) is 55.2 Å². The number of nitrogens with zero attached hydrogens (tertiary/aromatic N) is 3. The Bertz CT molecular complexity index is 800. The van der Waals surface area contributed by atoms with E-state index in [4.69, 9.17) is 0 Å². The number of halogens is 2. The molecule has 1 aliphatic rings. The standard InChI is InChI=1S/C16H18F2N3O2PS/c1-20-14(16(17,18)24)7-11(19-20)12-4-5-13(25-12)15(23)21-6-2-3-10(8-21)9-22/h4-5,7,9-10H,2-3,6,8,24H2,1H3. The van der Waals surface area contributed by atoms with Crippen molar-refractivity contribution in [3.63, 3.8) is 0 Å². The van der Waals surface area contributed by atoms with Crippen LogP contribution in [0.5, 0.6) is 0 Å². The molecule has 1 fully saturated rings. The van der Waals surface area contributed by atoms with Crippen LogP contribution in [0.4, 0.5) is 8.78 Å². The molecule has 0 radical (unpaired) electrons. The highest BCUT2D eigenvalue weighted by molar-refractivity contribution is 7.18. The third-order valence-electron chi connectivity index (χ3n) is 4.23. The second-order valence-corrected chi connectivity index (χ2v) is 7.92. The summed E-state index contributed by atoms with van der Waals surface area (Å²) >= 11 is 1.22. The van der Waals surface area contributed by atoms with E-state index >= 15 is 0 Å². The number of amides is 1. The molecule has 9 heteroatoms. The Morgan fingerprint density at radius 1 is 1.48 bits per heavy atom. The van der Waals surface area contributed by atoms with Gasteiger partial charge in [-0.1, -0.05) is 9.24 Å². The van der Waals surface area contributed by atoms with Gasteiger partial charge in [0.25, 0.3) is 11.6 Å². The number of carbonyl (C=O) groups excluding carboxylic acids is 2. The van der Waals surface area contributed by atoms with Crippen LogP contribution in [0.25, 0.3) is 10.6 Å². The Labute approximate surface area is 150 Å². The summed E-state index contributed by atoms with van der Waals surface area (Å²) in [7, 11) is 2.96. The fraction of sp³-hybridized carbons (Fsp3) is 0.438. The number of aromatic nitrogens is 2. The highest BCUT2D eigenvalue weighted by Gasteiger charge is 2.30. The molecule has 0 N–H and O–H groups in total. The van der Waals surface area contributed by atoms with E-state index in [-0.39, 0.29) is 17.5 Å². The van der Waals surface area contributed by atoms with E-state index < -0.39 is 5.66 Å². The van der Waals surface area contributed by atoms with E-state index in [2.05, 4.69) is 5.10 Å². The van der Waals surface area contributed by atoms with Crippen LogP contribution in [0.2, 0.25) is 0 Å². The average Bonchev–Trinajstić information content (AvgIpc) is 3.20. The van der Waals surface area contributed by atoms with Crippen LogP contribution in [0, 0.1) is 5.92 Å². The number of carbonyl (C=O) groups is 2. The maximum atomic E-state index is 13.5. The van der Waals surface area contributed by atoms with Gasteiger partial charge in [-0.2, -0.15) is 13.9 Å². The molecule has 0 spiro atoms. The van der Waals surface area contributed by atoms with Gasteiger partial charge in [0.1, 0.15) is 17.7 Å². The van der Waals surface area contributed by atoms with Crippen LogP contribution in [-0.2, 0) is 17.5 Å². The molecule has 2 atom stereocenters. The predicted molar refractivity (Wildman–Crippen MR) is 94.8 cm³/mol. The van der Waals surface area contributed by atoms with Gasteiger partial charge < -0.3 is 9.69 Å². The van der Waals surface area contributed by atoms with Gasteiger partial charge >= 0.3 is 0 Å². The number of rotatable bonds is 4. The molecule has 1 aliphatic heterocycles. The molecule has 2 unspecified atom stereocenters. The zero-order valence-corrected chi connectivity index (χ0v) is 15.6. The van der Waals surface area contributed by atoms with Gasteiger partial charge in [-0.15, -0.1) is 11.3 Å². The molecule has 0 aliphatic carbocycles. The first-order chi connectivity index (χ1) is 11.8. The van der Waals surface area contributed by atoms with E-state index in [0.29, 0.717) is 28.5 Å². The first-order valence-corrected chi connectivity index (χ1v) is 9.25. The molecule has 134 valence electrons. The van der Waals surface area contributed by atoms with Crippen LogP contribution < -0.4 is 0 Å². The highest BCUT2D eigenvalue weighted by Crippen LogP contribution is 2.37. The second kappa shape index (κ2) is 6.92. The highest BCUT2D eigenvalue weighted by atomic mass is 32.1. The minimum atomic E-state index is -3.06. The number of piperidine rings is 1. The van der Waals surface area contributed by atoms with Gasteiger partial charge in [0.2, 0.25) is 0 Å². The fourth-order valence-corrected chi connectivity index (χ4v) is 4.15. The molecule has 0 bridgehead atoms. The van der Waals surface area contributed by atoms with Crippen molar-refractivity contribution in [3.8, 4) is 10.6 Å². The lowest BCUT2D eigenvalue weighted by Crippen LogP contribution is -2.40. The van der Waals surface area contributed by atoms with E-state index in [0.717, 1.165) is 23.8 Å². The van der Waals surface area contributed by atoms with Crippen molar-refractivity contribution in [1.29, 1.82) is 0 Å². The molecule has 5 nitrogen and oxygen atoms in total. The van der Waals surface area contributed by atoms with E-state index in [1.165, 1.54) is 33.7 Å². The molecule has 2 aromatic heterocycles. The van der Waals surface area contributed by atoms with Crippen LogP contribution in [0.3, 0.4) is 0 Å². The molecule has 2 aromatic rings. The van der Waals surface area contributed by atoms with Gasteiger partial charge in [0.05, 0.1) is 9.75 Å². The third-order valence-corrected chi connectivity index (χ3v) is 5.62. The number of hydrogen-bond acceptors (Lipinski definition) is 4. The van der Waals surface area contributed by atoms with E-state index in [1.807, 2.05) is 0 Å². The average molecular weight is 385 g/mol. The van der Waals surface area contributed by atoms with Gasteiger partial charge in [0, 0.05) is 26.1 Å². The smallest absolute Gasteiger partial charge is 0.299 e. The summed E-state index contributed by atoms with van der Waals surface area (Å²) < 4.78 is 28.2. The van der Waals surface area contributed by atoms with E-state index in [1.54, 1.807) is 17.0 Å². The first-order valence-electron chi connectivity index (χ1n) is 7.85. The molecule has 1 amide bonds. The fourth-order valence-electron chi connectivity index (χ4n) is 2.95. The predicted octanol–water partition coefficient (Wildman–Crippen LogP) is 3.12. The van der Waals surface area contributed by atoms with Crippen LogP contribution >= 0.6 is 20.6 Å². The summed E-state index contributed by atoms with van der Waals surface area (Å²) in [5, 5.41) is 4.12. The Morgan fingerprint density at radius 3 is 2.88 bits per heavy atom. The van der Waals surface area contributed by atoms with Crippen molar-refractivity contribution >= 4 is 32.8 Å². The van der Waals surface area contributed by atoms with E-state index in [9.17, 15) is 18.4 Å². The van der Waals surface area contributed by atoms with Crippen molar-refractivity contribution in [2.75, 3.05) is 13.1 Å². The lowest BCUT2D eigenvalue weighted by molar-refractivity contribution is -0.112. The molecule has 3 rings (SSSR count). The summed E-state index contributed by atoms with van der Waals surface area (Å²) in [5.41, 5.74) is -2.86. The minimum Gasteiger partial charge on any atom is -0.337 e. The Kier molecular flexibility index (Phi) is 5.02. The van der Waals surface area contributed by atoms with Crippen molar-refractivity contribution in [3.05, 3.63) is 28.8 Å². The second-order valence-electron chi connectivity index (χ2n) is 6.11. The van der Waals surface area contributed by atoms with Crippen LogP contribution in [-0.4, -0.2) is 40.0 Å². The zero-order chi connectivity index (χ0) is 18.2.